The zero-order chi connectivity index (χ0) is 20.1. The zero-order valence-corrected chi connectivity index (χ0v) is 16.9. The molecule has 1 saturated heterocycles. The molecule has 1 aromatic carbocycles. The van der Waals surface area contributed by atoms with E-state index in [1.54, 1.807) is 30.5 Å². The molecule has 0 bridgehead atoms. The van der Waals surface area contributed by atoms with E-state index in [1.165, 1.54) is 4.31 Å². The number of benzene rings is 1. The Morgan fingerprint density at radius 2 is 1.75 bits per heavy atom. The summed E-state index contributed by atoms with van der Waals surface area (Å²) >= 11 is 0. The van der Waals surface area contributed by atoms with Crippen LogP contribution in [0.25, 0.3) is 0 Å². The molecule has 1 heterocycles. The molecule has 1 N–H and O–H groups in total. The molecule has 1 aliphatic heterocycles. The summed E-state index contributed by atoms with van der Waals surface area (Å²) in [6.45, 7) is 3.42. The number of rotatable bonds is 5. The van der Waals surface area contributed by atoms with Crippen molar-refractivity contribution in [2.24, 2.45) is 0 Å². The van der Waals surface area contributed by atoms with Gasteiger partial charge in [-0.15, -0.1) is 0 Å². The van der Waals surface area contributed by atoms with Crippen molar-refractivity contribution in [3.8, 4) is 6.07 Å². The van der Waals surface area contributed by atoms with Crippen LogP contribution in [0.4, 0.5) is 0 Å². The first-order valence-corrected chi connectivity index (χ1v) is 11.1. The quantitative estimate of drug-likeness (QED) is 0.598. The van der Waals surface area contributed by atoms with Crippen molar-refractivity contribution in [2.75, 3.05) is 26.2 Å². The Hall–Kier alpha value is -2.37. The summed E-state index contributed by atoms with van der Waals surface area (Å²) in [6.07, 6.45) is 5.68. The summed E-state index contributed by atoms with van der Waals surface area (Å²) in [5, 5.41) is 12.3. The number of aryl methyl sites for hydroxylation is 1. The highest BCUT2D eigenvalue weighted by Crippen LogP contribution is 2.20. The van der Waals surface area contributed by atoms with Gasteiger partial charge in [0.05, 0.1) is 4.90 Å². The Morgan fingerprint density at radius 3 is 2.32 bits per heavy atom. The molecule has 1 aromatic rings. The largest absolute Gasteiger partial charge is 0.373 e. The molecular weight excluding hydrogens is 376 g/mol. The van der Waals surface area contributed by atoms with Crippen LogP contribution in [0.15, 0.2) is 40.9 Å². The standard InChI is InChI=1S/C20H26N4O3S/c1-16-6-8-19(9-7-16)28(26,27)24-12-10-23(11-13-24)15-17(14-21)20(25)22-18-4-2-3-5-18/h6-9,15,18H,2-5,10-13H2,1H3,(H,22,25)/b17-15-. The molecule has 8 heteroatoms. The lowest BCUT2D eigenvalue weighted by atomic mass is 10.2. The van der Waals surface area contributed by atoms with E-state index in [1.807, 2.05) is 17.9 Å². The number of carbonyl (C=O) groups excluding carboxylic acids is 1. The molecular formula is C20H26N4O3S. The molecule has 0 atom stereocenters. The Morgan fingerprint density at radius 1 is 1.14 bits per heavy atom. The van der Waals surface area contributed by atoms with Gasteiger partial charge in [0.15, 0.2) is 0 Å². The normalized spacial score (nSPS) is 19.4. The highest BCUT2D eigenvalue weighted by molar-refractivity contribution is 7.89. The lowest BCUT2D eigenvalue weighted by molar-refractivity contribution is -0.117. The third-order valence-corrected chi connectivity index (χ3v) is 7.21. The fourth-order valence-electron chi connectivity index (χ4n) is 3.59. The second-order valence-corrected chi connectivity index (χ2v) is 9.30. The minimum absolute atomic E-state index is 0.0711. The van der Waals surface area contributed by atoms with Crippen LogP contribution in [0, 0.1) is 18.3 Å². The van der Waals surface area contributed by atoms with Gasteiger partial charge >= 0.3 is 0 Å². The second kappa shape index (κ2) is 8.76. The maximum atomic E-state index is 12.8. The van der Waals surface area contributed by atoms with Gasteiger partial charge in [-0.05, 0) is 31.9 Å². The Kier molecular flexibility index (Phi) is 6.37. The Balaban J connectivity index is 1.60. The van der Waals surface area contributed by atoms with Gasteiger partial charge in [0, 0.05) is 38.4 Å². The van der Waals surface area contributed by atoms with E-state index >= 15 is 0 Å². The summed E-state index contributed by atoms with van der Waals surface area (Å²) in [4.78, 5) is 14.4. The molecule has 1 amide bonds. The smallest absolute Gasteiger partial charge is 0.263 e. The van der Waals surface area contributed by atoms with Crippen molar-refractivity contribution in [2.45, 2.75) is 43.5 Å². The maximum absolute atomic E-state index is 12.8. The number of nitrogens with zero attached hydrogens (tertiary/aromatic N) is 3. The van der Waals surface area contributed by atoms with Crippen molar-refractivity contribution in [3.05, 3.63) is 41.6 Å². The highest BCUT2D eigenvalue weighted by atomic mass is 32.2. The molecule has 0 unspecified atom stereocenters. The molecule has 2 fully saturated rings. The molecule has 28 heavy (non-hydrogen) atoms. The van der Waals surface area contributed by atoms with Gasteiger partial charge in [-0.1, -0.05) is 30.5 Å². The van der Waals surface area contributed by atoms with Gasteiger partial charge in [0.1, 0.15) is 11.6 Å². The fourth-order valence-corrected chi connectivity index (χ4v) is 5.01. The van der Waals surface area contributed by atoms with Crippen LogP contribution < -0.4 is 5.32 Å². The van der Waals surface area contributed by atoms with Crippen LogP contribution in [0.5, 0.6) is 0 Å². The van der Waals surface area contributed by atoms with Crippen LogP contribution in [0.2, 0.25) is 0 Å². The first-order valence-electron chi connectivity index (χ1n) is 9.64. The Bertz CT molecular complexity index is 873. The predicted molar refractivity (Wildman–Crippen MR) is 106 cm³/mol. The first kappa shape index (κ1) is 20.4. The van der Waals surface area contributed by atoms with E-state index < -0.39 is 10.0 Å². The van der Waals surface area contributed by atoms with E-state index in [0.29, 0.717) is 26.2 Å². The van der Waals surface area contributed by atoms with Gasteiger partial charge < -0.3 is 10.2 Å². The van der Waals surface area contributed by atoms with Crippen LogP contribution in [-0.4, -0.2) is 55.8 Å². The number of piperazine rings is 1. The van der Waals surface area contributed by atoms with Gasteiger partial charge in [-0.2, -0.15) is 9.57 Å². The molecule has 0 spiro atoms. The average Bonchev–Trinajstić information content (AvgIpc) is 3.19. The Labute approximate surface area is 166 Å². The van der Waals surface area contributed by atoms with Crippen molar-refractivity contribution in [1.29, 1.82) is 5.26 Å². The fraction of sp³-hybridized carbons (Fsp3) is 0.500. The summed E-state index contributed by atoms with van der Waals surface area (Å²) in [6, 6.07) is 8.94. The molecule has 7 nitrogen and oxygen atoms in total. The van der Waals surface area contributed by atoms with Gasteiger partial charge in [0.25, 0.3) is 5.91 Å². The molecule has 1 saturated carbocycles. The van der Waals surface area contributed by atoms with E-state index in [0.717, 1.165) is 31.2 Å². The molecule has 0 aromatic heterocycles. The minimum Gasteiger partial charge on any atom is -0.373 e. The van der Waals surface area contributed by atoms with Gasteiger partial charge in [-0.3, -0.25) is 4.79 Å². The topological polar surface area (TPSA) is 93.5 Å². The third kappa shape index (κ3) is 4.72. The van der Waals surface area contributed by atoms with Crippen molar-refractivity contribution < 1.29 is 13.2 Å². The average molecular weight is 403 g/mol. The summed E-state index contributed by atoms with van der Waals surface area (Å²) in [5.41, 5.74) is 1.08. The van der Waals surface area contributed by atoms with E-state index in [2.05, 4.69) is 5.32 Å². The number of hydrogen-bond donors (Lipinski definition) is 1. The minimum atomic E-state index is -3.53. The summed E-state index contributed by atoms with van der Waals surface area (Å²) in [5.74, 6) is -0.343. The molecule has 1 aliphatic carbocycles. The van der Waals surface area contributed by atoms with Gasteiger partial charge in [0.2, 0.25) is 10.0 Å². The molecule has 0 radical (unpaired) electrons. The summed E-state index contributed by atoms with van der Waals surface area (Å²) < 4.78 is 27.0. The van der Waals surface area contributed by atoms with Crippen molar-refractivity contribution in [1.82, 2.24) is 14.5 Å². The molecule has 3 rings (SSSR count). The maximum Gasteiger partial charge on any atom is 0.263 e. The van der Waals surface area contributed by atoms with Gasteiger partial charge in [-0.25, -0.2) is 8.42 Å². The number of hydrogen-bond acceptors (Lipinski definition) is 5. The first-order chi connectivity index (χ1) is 13.4. The number of carbonyl (C=O) groups is 1. The monoisotopic (exact) mass is 402 g/mol. The lowest BCUT2D eigenvalue weighted by Crippen LogP contribution is -2.47. The van der Waals surface area contributed by atoms with Crippen LogP contribution in [0.1, 0.15) is 31.2 Å². The number of amides is 1. The second-order valence-electron chi connectivity index (χ2n) is 7.36. The van der Waals surface area contributed by atoms with Crippen molar-refractivity contribution >= 4 is 15.9 Å². The third-order valence-electron chi connectivity index (χ3n) is 5.30. The highest BCUT2D eigenvalue weighted by Gasteiger charge is 2.28. The van der Waals surface area contributed by atoms with Crippen LogP contribution >= 0.6 is 0 Å². The molecule has 2 aliphatic rings. The number of nitrogens with one attached hydrogen (secondary N) is 1. The zero-order valence-electron chi connectivity index (χ0n) is 16.1. The van der Waals surface area contributed by atoms with E-state index in [4.69, 9.17) is 0 Å². The lowest BCUT2D eigenvalue weighted by Gasteiger charge is -2.33. The summed E-state index contributed by atoms with van der Waals surface area (Å²) in [7, 11) is -3.53. The SMILES string of the molecule is Cc1ccc(S(=O)(=O)N2CCN(/C=C(/C#N)C(=O)NC3CCCC3)CC2)cc1. The van der Waals surface area contributed by atoms with E-state index in [-0.39, 0.29) is 22.4 Å². The number of nitriles is 1. The molecule has 150 valence electrons. The van der Waals surface area contributed by atoms with Crippen LogP contribution in [0.3, 0.4) is 0 Å². The van der Waals surface area contributed by atoms with E-state index in [9.17, 15) is 18.5 Å². The van der Waals surface area contributed by atoms with Crippen LogP contribution in [-0.2, 0) is 14.8 Å². The number of sulfonamides is 1. The van der Waals surface area contributed by atoms with Crippen molar-refractivity contribution in [3.63, 3.8) is 0 Å². The predicted octanol–water partition coefficient (Wildman–Crippen LogP) is 1.77.